The summed E-state index contributed by atoms with van der Waals surface area (Å²) in [6.07, 6.45) is 5.79. The van der Waals surface area contributed by atoms with Crippen molar-refractivity contribution >= 4 is 34.2 Å². The van der Waals surface area contributed by atoms with Crippen LogP contribution in [0.1, 0.15) is 45.7 Å². The predicted molar refractivity (Wildman–Crippen MR) is 95.1 cm³/mol. The van der Waals surface area contributed by atoms with Gasteiger partial charge in [-0.1, -0.05) is 6.92 Å². The molecule has 24 heavy (non-hydrogen) atoms. The molecule has 0 radical (unpaired) electrons. The molecule has 5 nitrogen and oxygen atoms in total. The Hall–Kier alpha value is -2.34. The van der Waals surface area contributed by atoms with Gasteiger partial charge in [0.15, 0.2) is 0 Å². The van der Waals surface area contributed by atoms with Gasteiger partial charge in [-0.25, -0.2) is 0 Å². The van der Waals surface area contributed by atoms with Crippen molar-refractivity contribution in [2.75, 3.05) is 5.32 Å². The molecule has 0 spiro atoms. The van der Waals surface area contributed by atoms with Crippen LogP contribution in [0.4, 0.5) is 5.00 Å². The van der Waals surface area contributed by atoms with Crippen molar-refractivity contribution in [2.24, 2.45) is 11.7 Å². The molecule has 0 unspecified atom stereocenters. The number of aryl methyl sites for hydroxylation is 1. The minimum atomic E-state index is -0.483. The smallest absolute Gasteiger partial charge is 0.251 e. The quantitative estimate of drug-likeness (QED) is 0.832. The summed E-state index contributed by atoms with van der Waals surface area (Å²) in [4.78, 5) is 25.2. The molecule has 0 bridgehead atoms. The van der Waals surface area contributed by atoms with Crippen LogP contribution in [0.15, 0.2) is 22.6 Å². The second kappa shape index (κ2) is 6.65. The Kier molecular flexibility index (Phi) is 4.57. The molecule has 0 fully saturated rings. The highest BCUT2D eigenvalue weighted by molar-refractivity contribution is 7.17. The summed E-state index contributed by atoms with van der Waals surface area (Å²) < 4.78 is 5.39. The maximum absolute atomic E-state index is 12.2. The summed E-state index contributed by atoms with van der Waals surface area (Å²) >= 11 is 1.46. The van der Waals surface area contributed by atoms with E-state index in [1.165, 1.54) is 17.4 Å². The molecule has 2 heterocycles. The number of rotatable bonds is 4. The Balaban J connectivity index is 1.80. The number of fused-ring (bicyclic) bond motifs is 1. The van der Waals surface area contributed by atoms with E-state index < -0.39 is 5.91 Å². The third-order valence-electron chi connectivity index (χ3n) is 4.15. The van der Waals surface area contributed by atoms with E-state index in [-0.39, 0.29) is 5.91 Å². The summed E-state index contributed by atoms with van der Waals surface area (Å²) in [7, 11) is 0. The summed E-state index contributed by atoms with van der Waals surface area (Å²) in [5.74, 6) is 1.19. The number of thiophene rings is 1. The van der Waals surface area contributed by atoms with E-state index >= 15 is 0 Å². The Morgan fingerprint density at radius 3 is 2.88 bits per heavy atom. The second-order valence-electron chi connectivity index (χ2n) is 6.19. The van der Waals surface area contributed by atoms with Crippen molar-refractivity contribution in [2.45, 2.75) is 33.1 Å². The molecule has 0 aromatic carbocycles. The highest BCUT2D eigenvalue weighted by Crippen LogP contribution is 2.39. The molecule has 1 aliphatic carbocycles. The molecule has 2 amide bonds. The maximum Gasteiger partial charge on any atom is 0.251 e. The molecule has 3 rings (SSSR count). The van der Waals surface area contributed by atoms with Gasteiger partial charge in [0.2, 0.25) is 5.91 Å². The van der Waals surface area contributed by atoms with Gasteiger partial charge in [-0.05, 0) is 55.9 Å². The third kappa shape index (κ3) is 3.43. The fourth-order valence-corrected chi connectivity index (χ4v) is 4.37. The zero-order valence-corrected chi connectivity index (χ0v) is 14.5. The molecule has 2 aromatic rings. The number of hydrogen-bond acceptors (Lipinski definition) is 4. The van der Waals surface area contributed by atoms with E-state index in [4.69, 9.17) is 10.2 Å². The van der Waals surface area contributed by atoms with Crippen LogP contribution in [0.25, 0.3) is 6.08 Å². The number of anilines is 1. The molecular formula is C18H20N2O3S. The maximum atomic E-state index is 12.2. The molecule has 0 saturated carbocycles. The van der Waals surface area contributed by atoms with Crippen molar-refractivity contribution in [1.29, 1.82) is 0 Å². The average molecular weight is 344 g/mol. The van der Waals surface area contributed by atoms with Gasteiger partial charge < -0.3 is 15.5 Å². The van der Waals surface area contributed by atoms with Crippen LogP contribution in [0.2, 0.25) is 0 Å². The first-order valence-corrected chi connectivity index (χ1v) is 8.75. The molecule has 3 N–H and O–H groups in total. The van der Waals surface area contributed by atoms with Gasteiger partial charge in [0.25, 0.3) is 5.91 Å². The lowest BCUT2D eigenvalue weighted by atomic mass is 9.88. The summed E-state index contributed by atoms with van der Waals surface area (Å²) in [5.41, 5.74) is 7.02. The second-order valence-corrected chi connectivity index (χ2v) is 7.30. The molecule has 126 valence electrons. The standard InChI is InChI=1S/C18H20N2O3S/c1-10-3-7-13-14(9-10)24-18(16(13)17(19)22)20-15(21)8-6-12-5-4-11(2)23-12/h4-6,8,10H,3,7,9H2,1-2H3,(H2,19,22)(H,20,21)/b8-6+/t10-/m1/s1. The molecule has 2 aromatic heterocycles. The first-order chi connectivity index (χ1) is 11.4. The van der Waals surface area contributed by atoms with Crippen LogP contribution < -0.4 is 11.1 Å². The number of nitrogens with two attached hydrogens (primary N) is 1. The van der Waals surface area contributed by atoms with Gasteiger partial charge in [0.05, 0.1) is 5.56 Å². The van der Waals surface area contributed by atoms with Crippen molar-refractivity contribution in [3.63, 3.8) is 0 Å². The number of primary amides is 1. The van der Waals surface area contributed by atoms with Crippen LogP contribution >= 0.6 is 11.3 Å². The topological polar surface area (TPSA) is 85.3 Å². The van der Waals surface area contributed by atoms with Gasteiger partial charge in [0.1, 0.15) is 16.5 Å². The van der Waals surface area contributed by atoms with Crippen LogP contribution in [0, 0.1) is 12.8 Å². The predicted octanol–water partition coefficient (Wildman–Crippen LogP) is 3.53. The summed E-state index contributed by atoms with van der Waals surface area (Å²) in [6.45, 7) is 4.03. The molecular weight excluding hydrogens is 324 g/mol. The van der Waals surface area contributed by atoms with E-state index in [2.05, 4.69) is 12.2 Å². The normalized spacial score (nSPS) is 17.0. The fourth-order valence-electron chi connectivity index (χ4n) is 2.95. The Bertz CT molecular complexity index is 816. The summed E-state index contributed by atoms with van der Waals surface area (Å²) in [5, 5.41) is 3.34. The number of furan rings is 1. The van der Waals surface area contributed by atoms with Crippen molar-refractivity contribution < 1.29 is 14.0 Å². The van der Waals surface area contributed by atoms with Crippen LogP contribution in [-0.4, -0.2) is 11.8 Å². The zero-order chi connectivity index (χ0) is 17.3. The first-order valence-electron chi connectivity index (χ1n) is 7.94. The van der Waals surface area contributed by atoms with E-state index in [0.29, 0.717) is 22.2 Å². The first kappa shape index (κ1) is 16.5. The third-order valence-corrected chi connectivity index (χ3v) is 5.32. The molecule has 0 saturated heterocycles. The number of hydrogen-bond donors (Lipinski definition) is 2. The minimum Gasteiger partial charge on any atom is -0.462 e. The van der Waals surface area contributed by atoms with Gasteiger partial charge >= 0.3 is 0 Å². The van der Waals surface area contributed by atoms with Crippen molar-refractivity contribution in [3.05, 3.63) is 45.7 Å². The highest BCUT2D eigenvalue weighted by atomic mass is 32.1. The number of nitrogens with one attached hydrogen (secondary N) is 1. The van der Waals surface area contributed by atoms with E-state index in [9.17, 15) is 9.59 Å². The van der Waals surface area contributed by atoms with Gasteiger partial charge in [-0.3, -0.25) is 9.59 Å². The highest BCUT2D eigenvalue weighted by Gasteiger charge is 2.26. The minimum absolute atomic E-state index is 0.307. The molecule has 1 atom stereocenters. The number of amides is 2. The Morgan fingerprint density at radius 1 is 1.42 bits per heavy atom. The van der Waals surface area contributed by atoms with Gasteiger partial charge in [-0.2, -0.15) is 0 Å². The van der Waals surface area contributed by atoms with E-state index in [1.807, 2.05) is 13.0 Å². The van der Waals surface area contributed by atoms with Crippen molar-refractivity contribution in [1.82, 2.24) is 0 Å². The van der Waals surface area contributed by atoms with Gasteiger partial charge in [0, 0.05) is 11.0 Å². The largest absolute Gasteiger partial charge is 0.462 e. The lowest BCUT2D eigenvalue weighted by molar-refractivity contribution is -0.111. The molecule has 6 heteroatoms. The van der Waals surface area contributed by atoms with Crippen LogP contribution in [0.3, 0.4) is 0 Å². The lowest BCUT2D eigenvalue weighted by Gasteiger charge is -2.18. The van der Waals surface area contributed by atoms with Gasteiger partial charge in [-0.15, -0.1) is 11.3 Å². The number of carbonyl (C=O) groups is 2. The van der Waals surface area contributed by atoms with Crippen LogP contribution in [-0.2, 0) is 17.6 Å². The Morgan fingerprint density at radius 2 is 2.21 bits per heavy atom. The SMILES string of the molecule is Cc1ccc(/C=C/C(=O)Nc2sc3c(c2C(N)=O)CC[C@@H](C)C3)o1. The van der Waals surface area contributed by atoms with E-state index in [0.717, 1.165) is 35.5 Å². The Labute approximate surface area is 144 Å². The number of carbonyl (C=O) groups excluding carboxylic acids is 2. The van der Waals surface area contributed by atoms with Crippen molar-refractivity contribution in [3.8, 4) is 0 Å². The average Bonchev–Trinajstić information content (AvgIpc) is 3.07. The molecule has 0 aliphatic heterocycles. The fraction of sp³-hybridized carbons (Fsp3) is 0.333. The van der Waals surface area contributed by atoms with E-state index in [1.54, 1.807) is 12.1 Å². The lowest BCUT2D eigenvalue weighted by Crippen LogP contribution is -2.18. The molecule has 1 aliphatic rings. The zero-order valence-electron chi connectivity index (χ0n) is 13.7. The monoisotopic (exact) mass is 344 g/mol. The van der Waals surface area contributed by atoms with Crippen LogP contribution in [0.5, 0.6) is 0 Å². The summed E-state index contributed by atoms with van der Waals surface area (Å²) in [6, 6.07) is 3.62.